The molecule has 2 atom stereocenters. The fourth-order valence-electron chi connectivity index (χ4n) is 3.80. The number of amides is 1. The molecule has 0 fully saturated rings. The molecular formula is C28H27F3N2O4. The number of carbonyl (C=O) groups excluding carboxylic acids is 1. The number of aromatic nitrogens is 1. The van der Waals surface area contributed by atoms with Crippen molar-refractivity contribution in [3.05, 3.63) is 106 Å². The van der Waals surface area contributed by atoms with Gasteiger partial charge in [0.05, 0.1) is 12.5 Å². The quantitative estimate of drug-likeness (QED) is 0.300. The topological polar surface area (TPSA) is 88.5 Å². The van der Waals surface area contributed by atoms with E-state index in [-0.39, 0.29) is 23.5 Å². The summed E-state index contributed by atoms with van der Waals surface area (Å²) in [5.41, 5.74) is 2.49. The van der Waals surface area contributed by atoms with Crippen molar-refractivity contribution in [1.82, 2.24) is 10.3 Å². The number of hydrogen-bond acceptors (Lipinski definition) is 4. The third kappa shape index (κ3) is 7.67. The molecule has 0 saturated heterocycles. The van der Waals surface area contributed by atoms with Crippen molar-refractivity contribution in [1.29, 1.82) is 0 Å². The molecule has 0 radical (unpaired) electrons. The minimum Gasteiger partial charge on any atom is -0.486 e. The van der Waals surface area contributed by atoms with Crippen LogP contribution >= 0.6 is 0 Å². The average Bonchev–Trinajstić information content (AvgIpc) is 2.83. The molecule has 0 aliphatic rings. The highest BCUT2D eigenvalue weighted by atomic mass is 19.1. The van der Waals surface area contributed by atoms with E-state index in [0.29, 0.717) is 12.0 Å². The summed E-state index contributed by atoms with van der Waals surface area (Å²) in [4.78, 5) is 28.7. The fourth-order valence-corrected chi connectivity index (χ4v) is 3.80. The summed E-state index contributed by atoms with van der Waals surface area (Å²) < 4.78 is 47.7. The SMILES string of the molecule is C=C(C)C[C@@H](NC(=O)c1cc(COc2cc(F)ccc2F)ccc1C(F)CC(=O)O)c1ccnc(C)c1. The molecule has 0 aliphatic heterocycles. The van der Waals surface area contributed by atoms with Crippen LogP contribution in [0.1, 0.15) is 64.7 Å². The van der Waals surface area contributed by atoms with Crippen molar-refractivity contribution in [2.45, 2.75) is 45.5 Å². The normalized spacial score (nSPS) is 12.5. The summed E-state index contributed by atoms with van der Waals surface area (Å²) >= 11 is 0. The Morgan fingerprint density at radius 2 is 1.86 bits per heavy atom. The van der Waals surface area contributed by atoms with Crippen LogP contribution in [0.2, 0.25) is 0 Å². The Hall–Kier alpha value is -4.14. The standard InChI is InChI=1S/C28H27F3N2O4/c1-16(2)10-25(19-8-9-32-17(3)11-19)33-28(36)22-12-18(4-6-21(22)24(31)14-27(34)35)15-37-26-13-20(29)5-7-23(26)30/h4-9,11-13,24-25H,1,10,14-15H2,2-3H3,(H,33,36)(H,34,35)/t24?,25-/m1/s1. The summed E-state index contributed by atoms with van der Waals surface area (Å²) in [6.45, 7) is 7.30. The lowest BCUT2D eigenvalue weighted by atomic mass is 9.96. The number of carboxylic acids is 1. The van der Waals surface area contributed by atoms with E-state index in [1.807, 2.05) is 19.9 Å². The predicted octanol–water partition coefficient (Wildman–Crippen LogP) is 6.17. The number of alkyl halides is 1. The van der Waals surface area contributed by atoms with Gasteiger partial charge in [-0.25, -0.2) is 13.2 Å². The average molecular weight is 513 g/mol. The molecule has 1 aromatic heterocycles. The van der Waals surface area contributed by atoms with Crippen molar-refractivity contribution < 1.29 is 32.6 Å². The Kier molecular flexibility index (Phi) is 9.05. The zero-order chi connectivity index (χ0) is 27.1. The number of nitrogens with one attached hydrogen (secondary N) is 1. The zero-order valence-corrected chi connectivity index (χ0v) is 20.4. The highest BCUT2D eigenvalue weighted by Crippen LogP contribution is 2.29. The van der Waals surface area contributed by atoms with Gasteiger partial charge in [0.15, 0.2) is 11.6 Å². The van der Waals surface area contributed by atoms with Gasteiger partial charge in [-0.05, 0) is 67.3 Å². The van der Waals surface area contributed by atoms with Crippen LogP contribution in [0.3, 0.4) is 0 Å². The van der Waals surface area contributed by atoms with Crippen LogP contribution in [0, 0.1) is 18.6 Å². The Balaban J connectivity index is 1.93. The van der Waals surface area contributed by atoms with E-state index in [9.17, 15) is 22.8 Å². The van der Waals surface area contributed by atoms with Crippen LogP contribution in [-0.4, -0.2) is 22.0 Å². The van der Waals surface area contributed by atoms with Gasteiger partial charge in [-0.15, -0.1) is 6.58 Å². The molecule has 2 aromatic carbocycles. The first-order valence-corrected chi connectivity index (χ1v) is 11.5. The lowest BCUT2D eigenvalue weighted by Crippen LogP contribution is -2.30. The maximum Gasteiger partial charge on any atom is 0.306 e. The predicted molar refractivity (Wildman–Crippen MR) is 132 cm³/mol. The molecule has 0 bridgehead atoms. The number of rotatable bonds is 11. The van der Waals surface area contributed by atoms with Gasteiger partial charge in [0.1, 0.15) is 18.6 Å². The molecule has 0 aliphatic carbocycles. The first-order valence-electron chi connectivity index (χ1n) is 11.5. The second-order valence-corrected chi connectivity index (χ2v) is 8.77. The Morgan fingerprint density at radius 3 is 2.54 bits per heavy atom. The number of pyridine rings is 1. The number of carboxylic acid groups (broad SMARTS) is 1. The second-order valence-electron chi connectivity index (χ2n) is 8.77. The summed E-state index contributed by atoms with van der Waals surface area (Å²) in [6, 6.07) is 9.93. The van der Waals surface area contributed by atoms with Crippen molar-refractivity contribution in [2.24, 2.45) is 0 Å². The summed E-state index contributed by atoms with van der Waals surface area (Å²) in [7, 11) is 0. The molecule has 0 spiro atoms. The first kappa shape index (κ1) is 27.4. The van der Waals surface area contributed by atoms with Crippen LogP contribution in [0.15, 0.2) is 66.9 Å². The van der Waals surface area contributed by atoms with Gasteiger partial charge in [-0.3, -0.25) is 14.6 Å². The highest BCUT2D eigenvalue weighted by molar-refractivity contribution is 5.96. The number of ether oxygens (including phenoxy) is 1. The molecule has 9 heteroatoms. The lowest BCUT2D eigenvalue weighted by Gasteiger charge is -2.22. The van der Waals surface area contributed by atoms with Crippen LogP contribution < -0.4 is 10.1 Å². The number of halogens is 3. The minimum absolute atomic E-state index is 0.0907. The van der Waals surface area contributed by atoms with Crippen LogP contribution in [0.25, 0.3) is 0 Å². The largest absolute Gasteiger partial charge is 0.486 e. The van der Waals surface area contributed by atoms with E-state index < -0.39 is 42.1 Å². The lowest BCUT2D eigenvalue weighted by molar-refractivity contribution is -0.138. The van der Waals surface area contributed by atoms with Crippen molar-refractivity contribution >= 4 is 11.9 Å². The number of aryl methyl sites for hydroxylation is 1. The summed E-state index contributed by atoms with van der Waals surface area (Å²) in [6.07, 6.45) is -0.762. The van der Waals surface area contributed by atoms with E-state index in [1.54, 1.807) is 12.3 Å². The number of carbonyl (C=O) groups is 2. The van der Waals surface area contributed by atoms with E-state index in [1.165, 1.54) is 18.2 Å². The Morgan fingerprint density at radius 1 is 1.11 bits per heavy atom. The first-order chi connectivity index (χ1) is 17.5. The van der Waals surface area contributed by atoms with Gasteiger partial charge >= 0.3 is 5.97 Å². The molecule has 1 amide bonds. The Bertz CT molecular complexity index is 1310. The van der Waals surface area contributed by atoms with Crippen LogP contribution in [-0.2, 0) is 11.4 Å². The number of nitrogens with zero attached hydrogens (tertiary/aromatic N) is 1. The molecular weight excluding hydrogens is 485 g/mol. The van der Waals surface area contributed by atoms with E-state index >= 15 is 0 Å². The fraction of sp³-hybridized carbons (Fsp3) is 0.250. The number of aliphatic carboxylic acids is 1. The van der Waals surface area contributed by atoms with Gasteiger partial charge in [0, 0.05) is 23.5 Å². The van der Waals surface area contributed by atoms with Gasteiger partial charge in [0.2, 0.25) is 0 Å². The Labute approximate surface area is 212 Å². The molecule has 194 valence electrons. The van der Waals surface area contributed by atoms with Crippen molar-refractivity contribution in [2.75, 3.05) is 0 Å². The van der Waals surface area contributed by atoms with Crippen molar-refractivity contribution in [3.8, 4) is 5.75 Å². The maximum absolute atomic E-state index is 14.9. The number of hydrogen-bond donors (Lipinski definition) is 2. The van der Waals surface area contributed by atoms with Crippen molar-refractivity contribution in [3.63, 3.8) is 0 Å². The number of benzene rings is 2. The highest BCUT2D eigenvalue weighted by Gasteiger charge is 2.24. The smallest absolute Gasteiger partial charge is 0.306 e. The third-order valence-corrected chi connectivity index (χ3v) is 5.52. The third-order valence-electron chi connectivity index (χ3n) is 5.52. The molecule has 2 N–H and O–H groups in total. The minimum atomic E-state index is -1.95. The van der Waals surface area contributed by atoms with Gasteiger partial charge < -0.3 is 15.2 Å². The molecule has 37 heavy (non-hydrogen) atoms. The van der Waals surface area contributed by atoms with Gasteiger partial charge in [-0.1, -0.05) is 17.7 Å². The van der Waals surface area contributed by atoms with Gasteiger partial charge in [-0.2, -0.15) is 0 Å². The molecule has 1 unspecified atom stereocenters. The second kappa shape index (κ2) is 12.2. The zero-order valence-electron chi connectivity index (χ0n) is 20.4. The van der Waals surface area contributed by atoms with E-state index in [4.69, 9.17) is 9.84 Å². The summed E-state index contributed by atoms with van der Waals surface area (Å²) in [5.74, 6) is -3.77. The van der Waals surface area contributed by atoms with Crippen LogP contribution in [0.5, 0.6) is 5.75 Å². The summed E-state index contributed by atoms with van der Waals surface area (Å²) in [5, 5.41) is 11.9. The van der Waals surface area contributed by atoms with E-state index in [0.717, 1.165) is 35.0 Å². The molecule has 3 aromatic rings. The van der Waals surface area contributed by atoms with E-state index in [2.05, 4.69) is 16.9 Å². The molecule has 6 nitrogen and oxygen atoms in total. The van der Waals surface area contributed by atoms with Gasteiger partial charge in [0.25, 0.3) is 5.91 Å². The molecule has 3 rings (SSSR count). The molecule has 1 heterocycles. The maximum atomic E-state index is 14.9. The van der Waals surface area contributed by atoms with Crippen LogP contribution in [0.4, 0.5) is 13.2 Å². The molecule has 0 saturated carbocycles. The monoisotopic (exact) mass is 512 g/mol.